The van der Waals surface area contributed by atoms with Crippen LogP contribution in [0.25, 0.3) is 0 Å². The molecule has 1 fully saturated rings. The molecule has 0 atom stereocenters. The number of nitrogens with one attached hydrogen (secondary N) is 1. The van der Waals surface area contributed by atoms with Crippen LogP contribution in [0, 0.1) is 5.92 Å². The van der Waals surface area contributed by atoms with E-state index >= 15 is 0 Å². The third-order valence-electron chi connectivity index (χ3n) is 4.49. The molecular formula is C20H26N4O2. The van der Waals surface area contributed by atoms with Gasteiger partial charge in [-0.05, 0) is 62.9 Å². The second-order valence-electron chi connectivity index (χ2n) is 6.88. The minimum atomic E-state index is -0.0325. The summed E-state index contributed by atoms with van der Waals surface area (Å²) in [7, 11) is 0. The van der Waals surface area contributed by atoms with Gasteiger partial charge in [0.25, 0.3) is 5.91 Å². The fourth-order valence-corrected chi connectivity index (χ4v) is 3.09. The first kappa shape index (κ1) is 18.2. The standard InChI is InChI=1S/C20H26N4O2/c1-15(2)26-18-6-4-17(5-7-18)19(25)23-14-16-8-12-24(13-9-16)20-21-10-3-11-22-20/h3-7,10-11,15-16H,8-9,12-14H2,1-2H3,(H,23,25). The highest BCUT2D eigenvalue weighted by atomic mass is 16.5. The van der Waals surface area contributed by atoms with Crippen LogP contribution in [0.3, 0.4) is 0 Å². The third-order valence-corrected chi connectivity index (χ3v) is 4.49. The summed E-state index contributed by atoms with van der Waals surface area (Å²) >= 11 is 0. The summed E-state index contributed by atoms with van der Waals surface area (Å²) in [5.41, 5.74) is 0.663. The van der Waals surface area contributed by atoms with Crippen molar-refractivity contribution in [1.29, 1.82) is 0 Å². The van der Waals surface area contributed by atoms with Gasteiger partial charge in [-0.2, -0.15) is 0 Å². The zero-order valence-corrected chi connectivity index (χ0v) is 15.4. The van der Waals surface area contributed by atoms with E-state index in [9.17, 15) is 4.79 Å². The minimum absolute atomic E-state index is 0.0325. The molecule has 1 amide bonds. The first-order valence-electron chi connectivity index (χ1n) is 9.18. The van der Waals surface area contributed by atoms with Crippen LogP contribution >= 0.6 is 0 Å². The second-order valence-corrected chi connectivity index (χ2v) is 6.88. The van der Waals surface area contributed by atoms with E-state index in [4.69, 9.17) is 4.74 Å². The van der Waals surface area contributed by atoms with E-state index < -0.39 is 0 Å². The first-order valence-corrected chi connectivity index (χ1v) is 9.18. The summed E-state index contributed by atoms with van der Waals surface area (Å²) in [6.07, 6.45) is 5.72. The predicted molar refractivity (Wildman–Crippen MR) is 102 cm³/mol. The van der Waals surface area contributed by atoms with Gasteiger partial charge in [0.05, 0.1) is 6.10 Å². The zero-order chi connectivity index (χ0) is 18.4. The number of hydrogen-bond donors (Lipinski definition) is 1. The van der Waals surface area contributed by atoms with E-state index in [1.165, 1.54) is 0 Å². The first-order chi connectivity index (χ1) is 12.6. The van der Waals surface area contributed by atoms with Crippen LogP contribution in [0.4, 0.5) is 5.95 Å². The Bertz CT molecular complexity index is 696. The van der Waals surface area contributed by atoms with E-state index in [2.05, 4.69) is 20.2 Å². The van der Waals surface area contributed by atoms with Gasteiger partial charge < -0.3 is 15.0 Å². The molecule has 1 aliphatic heterocycles. The van der Waals surface area contributed by atoms with Crippen molar-refractivity contribution in [3.63, 3.8) is 0 Å². The maximum atomic E-state index is 12.3. The molecule has 0 spiro atoms. The minimum Gasteiger partial charge on any atom is -0.491 e. The topological polar surface area (TPSA) is 67.3 Å². The van der Waals surface area contributed by atoms with Crippen molar-refractivity contribution in [2.24, 2.45) is 5.92 Å². The van der Waals surface area contributed by atoms with Gasteiger partial charge >= 0.3 is 0 Å². The second kappa shape index (κ2) is 8.65. The molecule has 2 heterocycles. The molecule has 2 aromatic rings. The van der Waals surface area contributed by atoms with Gasteiger partial charge in [-0.1, -0.05) is 0 Å². The number of anilines is 1. The largest absolute Gasteiger partial charge is 0.491 e. The molecule has 0 unspecified atom stereocenters. The summed E-state index contributed by atoms with van der Waals surface area (Å²) in [6.45, 7) is 6.51. The number of carbonyl (C=O) groups is 1. The lowest BCUT2D eigenvalue weighted by atomic mass is 9.97. The lowest BCUT2D eigenvalue weighted by Crippen LogP contribution is -2.39. The van der Waals surface area contributed by atoms with Gasteiger partial charge in [-0.15, -0.1) is 0 Å². The van der Waals surface area contributed by atoms with Crippen molar-refractivity contribution in [1.82, 2.24) is 15.3 Å². The highest BCUT2D eigenvalue weighted by Crippen LogP contribution is 2.20. The Morgan fingerprint density at radius 3 is 2.46 bits per heavy atom. The number of nitrogens with zero attached hydrogens (tertiary/aromatic N) is 3. The van der Waals surface area contributed by atoms with Crippen LogP contribution in [-0.2, 0) is 0 Å². The Kier molecular flexibility index (Phi) is 6.04. The molecule has 138 valence electrons. The van der Waals surface area contributed by atoms with Crippen molar-refractivity contribution in [2.45, 2.75) is 32.8 Å². The number of aromatic nitrogens is 2. The zero-order valence-electron chi connectivity index (χ0n) is 15.4. The maximum absolute atomic E-state index is 12.3. The Morgan fingerprint density at radius 1 is 1.19 bits per heavy atom. The van der Waals surface area contributed by atoms with Gasteiger partial charge in [-0.3, -0.25) is 4.79 Å². The van der Waals surface area contributed by atoms with Crippen molar-refractivity contribution in [2.75, 3.05) is 24.5 Å². The van der Waals surface area contributed by atoms with E-state index in [0.717, 1.165) is 37.6 Å². The summed E-state index contributed by atoms with van der Waals surface area (Å²) in [5.74, 6) is 2.03. The fourth-order valence-electron chi connectivity index (χ4n) is 3.09. The molecule has 3 rings (SSSR count). The Hall–Kier alpha value is -2.63. The fraction of sp³-hybridized carbons (Fsp3) is 0.450. The Morgan fingerprint density at radius 2 is 1.85 bits per heavy atom. The molecule has 1 aromatic carbocycles. The normalized spacial score (nSPS) is 15.1. The molecule has 1 aliphatic rings. The van der Waals surface area contributed by atoms with E-state index in [1.54, 1.807) is 12.4 Å². The highest BCUT2D eigenvalue weighted by molar-refractivity contribution is 5.94. The lowest BCUT2D eigenvalue weighted by molar-refractivity contribution is 0.0945. The van der Waals surface area contributed by atoms with Crippen molar-refractivity contribution >= 4 is 11.9 Å². The van der Waals surface area contributed by atoms with Crippen LogP contribution in [0.15, 0.2) is 42.7 Å². The number of benzene rings is 1. The summed E-state index contributed by atoms with van der Waals surface area (Å²) in [6, 6.07) is 9.12. The molecule has 1 aromatic heterocycles. The number of carbonyl (C=O) groups excluding carboxylic acids is 1. The summed E-state index contributed by atoms with van der Waals surface area (Å²) in [5, 5.41) is 3.05. The van der Waals surface area contributed by atoms with Gasteiger partial charge in [-0.25, -0.2) is 9.97 Å². The van der Waals surface area contributed by atoms with E-state index in [0.29, 0.717) is 18.0 Å². The smallest absolute Gasteiger partial charge is 0.251 e. The number of amides is 1. The van der Waals surface area contributed by atoms with Crippen LogP contribution in [0.1, 0.15) is 37.0 Å². The molecule has 6 nitrogen and oxygen atoms in total. The number of ether oxygens (including phenoxy) is 1. The SMILES string of the molecule is CC(C)Oc1ccc(C(=O)NCC2CCN(c3ncccn3)CC2)cc1. The average Bonchev–Trinajstić information content (AvgIpc) is 2.67. The Balaban J connectivity index is 1.44. The highest BCUT2D eigenvalue weighted by Gasteiger charge is 2.21. The van der Waals surface area contributed by atoms with Crippen molar-refractivity contribution in [3.8, 4) is 5.75 Å². The quantitative estimate of drug-likeness (QED) is 0.864. The van der Waals surface area contributed by atoms with Crippen molar-refractivity contribution < 1.29 is 9.53 Å². The van der Waals surface area contributed by atoms with Crippen molar-refractivity contribution in [3.05, 3.63) is 48.3 Å². The molecule has 0 radical (unpaired) electrons. The Labute approximate surface area is 154 Å². The van der Waals surface area contributed by atoms with Gasteiger partial charge in [0.2, 0.25) is 5.95 Å². The lowest BCUT2D eigenvalue weighted by Gasteiger charge is -2.31. The maximum Gasteiger partial charge on any atom is 0.251 e. The molecule has 6 heteroatoms. The summed E-state index contributed by atoms with van der Waals surface area (Å²) < 4.78 is 5.60. The monoisotopic (exact) mass is 354 g/mol. The van der Waals surface area contributed by atoms with Crippen LogP contribution in [0.5, 0.6) is 5.75 Å². The molecule has 0 bridgehead atoms. The molecule has 26 heavy (non-hydrogen) atoms. The van der Waals surface area contributed by atoms with Crippen LogP contribution in [0.2, 0.25) is 0 Å². The van der Waals surface area contributed by atoms with Crippen LogP contribution < -0.4 is 15.0 Å². The molecule has 1 N–H and O–H groups in total. The van der Waals surface area contributed by atoms with Crippen LogP contribution in [-0.4, -0.2) is 41.6 Å². The van der Waals surface area contributed by atoms with Gasteiger partial charge in [0, 0.05) is 37.6 Å². The summed E-state index contributed by atoms with van der Waals surface area (Å²) in [4.78, 5) is 23.1. The van der Waals surface area contributed by atoms with E-state index in [-0.39, 0.29) is 12.0 Å². The molecule has 0 aliphatic carbocycles. The molecule has 1 saturated heterocycles. The molecule has 0 saturated carbocycles. The van der Waals surface area contributed by atoms with Gasteiger partial charge in [0.15, 0.2) is 0 Å². The average molecular weight is 354 g/mol. The van der Waals surface area contributed by atoms with Gasteiger partial charge in [0.1, 0.15) is 5.75 Å². The van der Waals surface area contributed by atoms with E-state index in [1.807, 2.05) is 44.2 Å². The number of piperidine rings is 1. The number of rotatable bonds is 6. The molecular weight excluding hydrogens is 328 g/mol. The predicted octanol–water partition coefficient (Wildman–Crippen LogP) is 2.91. The third kappa shape index (κ3) is 4.94. The number of hydrogen-bond acceptors (Lipinski definition) is 5.